The van der Waals surface area contributed by atoms with Gasteiger partial charge in [-0.2, -0.15) is 5.10 Å². The van der Waals surface area contributed by atoms with Crippen LogP contribution in [0.25, 0.3) is 11.1 Å². The molecule has 1 aromatic heterocycles. The van der Waals surface area contributed by atoms with Crippen LogP contribution in [-0.2, 0) is 0 Å². The number of aromatic carboxylic acids is 1. The zero-order valence-electron chi connectivity index (χ0n) is 10.4. The minimum atomic E-state index is -1.61. The number of halogens is 1. The number of benzene rings is 1. The Kier molecular flexibility index (Phi) is 5.31. The molecule has 0 fully saturated rings. The van der Waals surface area contributed by atoms with Crippen LogP contribution < -0.4 is 40.1 Å². The predicted molar refractivity (Wildman–Crippen MR) is 64.4 cm³/mol. The fourth-order valence-corrected chi connectivity index (χ4v) is 1.76. The maximum absolute atomic E-state index is 12.0. The van der Waals surface area contributed by atoms with Crippen LogP contribution in [0, 0.1) is 6.92 Å². The van der Waals surface area contributed by atoms with E-state index in [2.05, 4.69) is 10.2 Å². The predicted octanol–water partition coefficient (Wildman–Crippen LogP) is -2.23. The Morgan fingerprint density at radius 1 is 1.32 bits per heavy atom. The third kappa shape index (κ3) is 3.25. The van der Waals surface area contributed by atoms with Crippen molar-refractivity contribution in [2.45, 2.75) is 6.92 Å². The monoisotopic (exact) mass is 286 g/mol. The van der Waals surface area contributed by atoms with Crippen molar-refractivity contribution in [2.24, 2.45) is 0 Å². The number of aromatic nitrogens is 2. The fourth-order valence-electron chi connectivity index (χ4n) is 1.64. The second kappa shape index (κ2) is 6.34. The minimum absolute atomic E-state index is 0. The number of rotatable bonds is 2. The standard InChI is InChI=1S/C12H9ClN2O3.Na/c1-6-9(7-2-4-8(13)5-3-7)11(16)10(12(17)18)15-14-6;/h2-5H,1H3,(H,14,16)(H,17,18);/q;+1/p-1. The summed E-state index contributed by atoms with van der Waals surface area (Å²) in [7, 11) is 0. The largest absolute Gasteiger partial charge is 1.00 e. The molecule has 0 unspecified atom stereocenters. The third-order valence-corrected chi connectivity index (χ3v) is 2.73. The van der Waals surface area contributed by atoms with E-state index in [0.717, 1.165) is 0 Å². The number of hydrogen-bond donors (Lipinski definition) is 1. The van der Waals surface area contributed by atoms with Crippen molar-refractivity contribution in [1.29, 1.82) is 0 Å². The summed E-state index contributed by atoms with van der Waals surface area (Å²) in [4.78, 5) is 22.7. The molecule has 7 heteroatoms. The molecule has 5 nitrogen and oxygen atoms in total. The van der Waals surface area contributed by atoms with Gasteiger partial charge in [-0.15, -0.1) is 0 Å². The van der Waals surface area contributed by atoms with Crippen molar-refractivity contribution < 1.29 is 39.5 Å². The molecule has 0 radical (unpaired) electrons. The first-order chi connectivity index (χ1) is 8.50. The van der Waals surface area contributed by atoms with Gasteiger partial charge in [0.15, 0.2) is 5.69 Å². The molecule has 19 heavy (non-hydrogen) atoms. The van der Waals surface area contributed by atoms with E-state index in [1.807, 2.05) is 0 Å². The maximum atomic E-state index is 12.0. The Hall–Kier alpha value is -1.14. The Labute approximate surface area is 135 Å². The second-order valence-corrected chi connectivity index (χ2v) is 4.13. The number of aromatic amines is 1. The van der Waals surface area contributed by atoms with Crippen molar-refractivity contribution in [3.8, 4) is 11.1 Å². The average Bonchev–Trinajstić information content (AvgIpc) is 2.31. The van der Waals surface area contributed by atoms with E-state index in [0.29, 0.717) is 16.3 Å². The summed E-state index contributed by atoms with van der Waals surface area (Å²) >= 11 is 5.76. The number of carboxylic acids is 1. The van der Waals surface area contributed by atoms with Crippen molar-refractivity contribution in [1.82, 2.24) is 10.2 Å². The van der Waals surface area contributed by atoms with E-state index in [9.17, 15) is 14.7 Å². The third-order valence-electron chi connectivity index (χ3n) is 2.48. The molecule has 92 valence electrons. The van der Waals surface area contributed by atoms with Crippen LogP contribution in [-0.4, -0.2) is 16.2 Å². The maximum Gasteiger partial charge on any atom is 1.00 e. The molecule has 0 amide bonds. The zero-order valence-corrected chi connectivity index (χ0v) is 13.1. The fraction of sp³-hybridized carbons (Fsp3) is 0.0833. The molecule has 2 aromatic rings. The van der Waals surface area contributed by atoms with E-state index in [-0.39, 0.29) is 35.1 Å². The number of aryl methyl sites for hydroxylation is 1. The Morgan fingerprint density at radius 3 is 2.42 bits per heavy atom. The van der Waals surface area contributed by atoms with E-state index in [1.54, 1.807) is 31.2 Å². The van der Waals surface area contributed by atoms with Crippen molar-refractivity contribution >= 4 is 17.6 Å². The van der Waals surface area contributed by atoms with Crippen LogP contribution >= 0.6 is 11.6 Å². The second-order valence-electron chi connectivity index (χ2n) is 3.70. The summed E-state index contributed by atoms with van der Waals surface area (Å²) in [6, 6.07) is 6.52. The molecular weight excluding hydrogens is 279 g/mol. The first-order valence-corrected chi connectivity index (χ1v) is 5.45. The van der Waals surface area contributed by atoms with Gasteiger partial charge in [0, 0.05) is 10.7 Å². The summed E-state index contributed by atoms with van der Waals surface area (Å²) in [5.41, 5.74) is -0.00429. The number of carbonyl (C=O) groups excluding carboxylic acids is 1. The summed E-state index contributed by atoms with van der Waals surface area (Å²) < 4.78 is 0. The first-order valence-electron chi connectivity index (χ1n) is 5.07. The first kappa shape index (κ1) is 15.9. The van der Waals surface area contributed by atoms with Gasteiger partial charge in [-0.25, -0.2) is 0 Å². The summed E-state index contributed by atoms with van der Waals surface area (Å²) in [6.07, 6.45) is 0. The smallest absolute Gasteiger partial charge is 0.543 e. The van der Waals surface area contributed by atoms with Gasteiger partial charge in [-0.05, 0) is 24.6 Å². The summed E-state index contributed by atoms with van der Waals surface area (Å²) in [5, 5.41) is 17.2. The molecule has 0 aliphatic heterocycles. The van der Waals surface area contributed by atoms with Crippen LogP contribution in [0.5, 0.6) is 0 Å². The molecular formula is C12H8ClN2NaO3. The van der Waals surface area contributed by atoms with Gasteiger partial charge < -0.3 is 9.90 Å². The Bertz CT molecular complexity index is 668. The molecule has 0 saturated heterocycles. The molecule has 0 aliphatic carbocycles. The number of carbonyl (C=O) groups is 1. The molecule has 0 saturated carbocycles. The number of hydrogen-bond acceptors (Lipinski definition) is 4. The minimum Gasteiger partial charge on any atom is -0.543 e. The van der Waals surface area contributed by atoms with E-state index in [4.69, 9.17) is 11.6 Å². The van der Waals surface area contributed by atoms with Gasteiger partial charge in [0.05, 0.1) is 11.5 Å². The van der Waals surface area contributed by atoms with Crippen LogP contribution in [0.2, 0.25) is 5.02 Å². The molecule has 1 aromatic carbocycles. The van der Waals surface area contributed by atoms with Gasteiger partial charge in [0.25, 0.3) is 0 Å². The average molecular weight is 287 g/mol. The SMILES string of the molecule is Cc1[nH]nc(C(=O)[O-])c(=O)c1-c1ccc(Cl)cc1.[Na+]. The topological polar surface area (TPSA) is 85.9 Å². The molecule has 0 aliphatic rings. The van der Waals surface area contributed by atoms with E-state index in [1.165, 1.54) is 0 Å². The van der Waals surface area contributed by atoms with Gasteiger partial charge >= 0.3 is 29.6 Å². The van der Waals surface area contributed by atoms with Crippen molar-refractivity contribution in [3.63, 3.8) is 0 Å². The van der Waals surface area contributed by atoms with Gasteiger partial charge in [0.2, 0.25) is 5.43 Å². The normalized spacial score (nSPS) is 9.79. The van der Waals surface area contributed by atoms with Crippen LogP contribution in [0.15, 0.2) is 29.1 Å². The molecule has 0 spiro atoms. The number of nitrogens with zero attached hydrogens (tertiary/aromatic N) is 1. The molecule has 0 bridgehead atoms. The van der Waals surface area contributed by atoms with Crippen molar-refractivity contribution in [2.75, 3.05) is 0 Å². The van der Waals surface area contributed by atoms with Crippen LogP contribution in [0.1, 0.15) is 16.2 Å². The number of nitrogens with one attached hydrogen (secondary N) is 1. The Balaban J connectivity index is 0.00000180. The number of H-pyrrole nitrogens is 1. The van der Waals surface area contributed by atoms with Crippen molar-refractivity contribution in [3.05, 3.63) is 50.9 Å². The zero-order chi connectivity index (χ0) is 13.3. The van der Waals surface area contributed by atoms with Gasteiger partial charge in [-0.1, -0.05) is 23.7 Å². The van der Waals surface area contributed by atoms with E-state index >= 15 is 0 Å². The van der Waals surface area contributed by atoms with Crippen LogP contribution in [0.3, 0.4) is 0 Å². The summed E-state index contributed by atoms with van der Waals surface area (Å²) in [5.74, 6) is -1.61. The molecule has 1 heterocycles. The van der Waals surface area contributed by atoms with Gasteiger partial charge in [0.1, 0.15) is 0 Å². The molecule has 0 atom stereocenters. The Morgan fingerprint density at radius 2 is 1.89 bits per heavy atom. The molecule has 2 rings (SSSR count). The quantitative estimate of drug-likeness (QED) is 0.633. The molecule has 1 N–H and O–H groups in total. The number of carboxylic acid groups (broad SMARTS) is 1. The van der Waals surface area contributed by atoms with Gasteiger partial charge in [-0.3, -0.25) is 9.89 Å². The van der Waals surface area contributed by atoms with Crippen LogP contribution in [0.4, 0.5) is 0 Å². The summed E-state index contributed by atoms with van der Waals surface area (Å²) in [6.45, 7) is 1.64. The van der Waals surface area contributed by atoms with E-state index < -0.39 is 17.1 Å².